The fraction of sp³-hybridized carbons (Fsp3) is 0.889. The molecule has 0 aromatic rings. The first-order chi connectivity index (χ1) is 6.53. The number of hydrogen-bond donors (Lipinski definition) is 3. The molecular weight excluding hydrogens is 182 g/mol. The van der Waals surface area contributed by atoms with Crippen molar-refractivity contribution >= 4 is 5.91 Å². The summed E-state index contributed by atoms with van der Waals surface area (Å²) in [6.45, 7) is 3.77. The van der Waals surface area contributed by atoms with E-state index in [4.69, 9.17) is 5.84 Å². The molecule has 1 unspecified atom stereocenters. The minimum atomic E-state index is -0.575. The van der Waals surface area contributed by atoms with Gasteiger partial charge in [0, 0.05) is 6.54 Å². The lowest BCUT2D eigenvalue weighted by Crippen LogP contribution is -2.41. The topological polar surface area (TPSA) is 78.6 Å². The van der Waals surface area contributed by atoms with Crippen LogP contribution in [0, 0.1) is 0 Å². The van der Waals surface area contributed by atoms with Gasteiger partial charge >= 0.3 is 0 Å². The lowest BCUT2D eigenvalue weighted by Gasteiger charge is -2.21. The number of nitrogens with zero attached hydrogens (tertiary/aromatic N) is 1. The maximum atomic E-state index is 11.0. The highest BCUT2D eigenvalue weighted by atomic mass is 16.3. The van der Waals surface area contributed by atoms with E-state index >= 15 is 0 Å². The molecule has 82 valence electrons. The first-order valence-corrected chi connectivity index (χ1v) is 4.98. The van der Waals surface area contributed by atoms with Crippen LogP contribution in [-0.2, 0) is 4.79 Å². The van der Waals surface area contributed by atoms with Gasteiger partial charge in [-0.15, -0.1) is 0 Å². The largest absolute Gasteiger partial charge is 0.390 e. The highest BCUT2D eigenvalue weighted by Crippen LogP contribution is 2.20. The van der Waals surface area contributed by atoms with E-state index in [9.17, 15) is 9.90 Å². The predicted molar refractivity (Wildman–Crippen MR) is 53.2 cm³/mol. The van der Waals surface area contributed by atoms with E-state index in [1.807, 2.05) is 11.8 Å². The van der Waals surface area contributed by atoms with Gasteiger partial charge in [-0.05, 0) is 32.7 Å². The molecule has 4 N–H and O–H groups in total. The number of amides is 1. The molecule has 0 aromatic heterocycles. The van der Waals surface area contributed by atoms with Crippen molar-refractivity contribution in [3.8, 4) is 0 Å². The molecule has 0 radical (unpaired) electrons. The molecule has 0 aromatic carbocycles. The maximum Gasteiger partial charge on any atom is 0.248 e. The van der Waals surface area contributed by atoms with E-state index < -0.39 is 5.60 Å². The molecule has 1 atom stereocenters. The summed E-state index contributed by atoms with van der Waals surface area (Å²) >= 11 is 0. The summed E-state index contributed by atoms with van der Waals surface area (Å²) in [5.74, 6) is 4.83. The number of carbonyl (C=O) groups excluding carboxylic acids is 1. The standard InChI is InChI=1S/C9H19N3O2/c1-9(14)3-2-5-12(6-4-9)7-8(13)11-10/h14H,2-7,10H2,1H3,(H,11,13). The smallest absolute Gasteiger partial charge is 0.248 e. The van der Waals surface area contributed by atoms with Gasteiger partial charge in [0.1, 0.15) is 0 Å². The van der Waals surface area contributed by atoms with Crippen LogP contribution >= 0.6 is 0 Å². The average Bonchev–Trinajstić information content (AvgIpc) is 2.28. The molecule has 1 fully saturated rings. The van der Waals surface area contributed by atoms with Crippen molar-refractivity contribution in [3.63, 3.8) is 0 Å². The lowest BCUT2D eigenvalue weighted by molar-refractivity contribution is -0.122. The highest BCUT2D eigenvalue weighted by Gasteiger charge is 2.25. The molecule has 0 bridgehead atoms. The van der Waals surface area contributed by atoms with Gasteiger partial charge in [0.15, 0.2) is 0 Å². The van der Waals surface area contributed by atoms with Crippen LogP contribution in [0.25, 0.3) is 0 Å². The van der Waals surface area contributed by atoms with Gasteiger partial charge in [-0.2, -0.15) is 0 Å². The fourth-order valence-electron chi connectivity index (χ4n) is 1.73. The van der Waals surface area contributed by atoms with Crippen molar-refractivity contribution in [2.24, 2.45) is 5.84 Å². The van der Waals surface area contributed by atoms with Crippen LogP contribution < -0.4 is 11.3 Å². The van der Waals surface area contributed by atoms with Gasteiger partial charge in [0.05, 0.1) is 12.1 Å². The summed E-state index contributed by atoms with van der Waals surface area (Å²) < 4.78 is 0. The lowest BCUT2D eigenvalue weighted by atomic mass is 9.98. The van der Waals surface area contributed by atoms with Crippen LogP contribution in [0.15, 0.2) is 0 Å². The van der Waals surface area contributed by atoms with E-state index in [-0.39, 0.29) is 5.91 Å². The summed E-state index contributed by atoms with van der Waals surface area (Å²) in [6, 6.07) is 0. The Morgan fingerprint density at radius 3 is 2.93 bits per heavy atom. The monoisotopic (exact) mass is 201 g/mol. The van der Waals surface area contributed by atoms with Crippen molar-refractivity contribution < 1.29 is 9.90 Å². The van der Waals surface area contributed by atoms with Crippen LogP contribution in [0.4, 0.5) is 0 Å². The quantitative estimate of drug-likeness (QED) is 0.311. The van der Waals surface area contributed by atoms with Crippen LogP contribution in [0.5, 0.6) is 0 Å². The Kier molecular flexibility index (Phi) is 3.86. The first-order valence-electron chi connectivity index (χ1n) is 4.98. The molecule has 1 aliphatic rings. The van der Waals surface area contributed by atoms with Crippen molar-refractivity contribution in [2.75, 3.05) is 19.6 Å². The fourth-order valence-corrected chi connectivity index (χ4v) is 1.73. The Morgan fingerprint density at radius 2 is 2.29 bits per heavy atom. The number of carbonyl (C=O) groups is 1. The van der Waals surface area contributed by atoms with Gasteiger partial charge in [-0.3, -0.25) is 15.1 Å². The van der Waals surface area contributed by atoms with Crippen LogP contribution in [0.3, 0.4) is 0 Å². The molecule has 0 spiro atoms. The average molecular weight is 201 g/mol. The molecule has 1 aliphatic heterocycles. The van der Waals surface area contributed by atoms with E-state index in [2.05, 4.69) is 5.43 Å². The Morgan fingerprint density at radius 1 is 1.57 bits per heavy atom. The molecule has 14 heavy (non-hydrogen) atoms. The van der Waals surface area contributed by atoms with Gasteiger partial charge in [0.25, 0.3) is 0 Å². The Bertz CT molecular complexity index is 206. The van der Waals surface area contributed by atoms with Gasteiger partial charge in [-0.25, -0.2) is 5.84 Å². The zero-order chi connectivity index (χ0) is 10.6. The number of nitrogens with two attached hydrogens (primary N) is 1. The molecule has 0 aliphatic carbocycles. The SMILES string of the molecule is CC1(O)CCCN(CC(=O)NN)CC1. The zero-order valence-corrected chi connectivity index (χ0v) is 8.62. The minimum absolute atomic E-state index is 0.174. The number of hydrogen-bond acceptors (Lipinski definition) is 4. The molecule has 1 amide bonds. The molecule has 0 saturated carbocycles. The third-order valence-electron chi connectivity index (χ3n) is 2.68. The van der Waals surface area contributed by atoms with E-state index in [0.29, 0.717) is 13.0 Å². The Balaban J connectivity index is 2.38. The van der Waals surface area contributed by atoms with Gasteiger partial charge in [0.2, 0.25) is 5.91 Å². The van der Waals surface area contributed by atoms with Gasteiger partial charge in [-0.1, -0.05) is 0 Å². The minimum Gasteiger partial charge on any atom is -0.390 e. The van der Waals surface area contributed by atoms with Crippen LogP contribution in [-0.4, -0.2) is 41.1 Å². The summed E-state index contributed by atoms with van der Waals surface area (Å²) in [5, 5.41) is 9.81. The first kappa shape index (κ1) is 11.4. The van der Waals surface area contributed by atoms with E-state index in [1.54, 1.807) is 0 Å². The predicted octanol–water partition coefficient (Wildman–Crippen LogP) is -0.787. The Labute approximate surface area is 84.2 Å². The molecule has 5 heteroatoms. The Hall–Kier alpha value is -0.650. The summed E-state index contributed by atoms with van der Waals surface area (Å²) in [6.07, 6.45) is 2.43. The molecule has 1 saturated heterocycles. The van der Waals surface area contributed by atoms with Gasteiger partial charge < -0.3 is 5.11 Å². The molecule has 5 nitrogen and oxygen atoms in total. The number of nitrogens with one attached hydrogen (secondary N) is 1. The molecule has 1 rings (SSSR count). The second-order valence-corrected chi connectivity index (χ2v) is 4.19. The van der Waals surface area contributed by atoms with E-state index in [0.717, 1.165) is 25.9 Å². The van der Waals surface area contributed by atoms with E-state index in [1.165, 1.54) is 0 Å². The third kappa shape index (κ3) is 3.61. The molecular formula is C9H19N3O2. The number of likely N-dealkylation sites (tertiary alicyclic amines) is 1. The second kappa shape index (κ2) is 4.72. The highest BCUT2D eigenvalue weighted by molar-refractivity contribution is 5.77. The molecule has 1 heterocycles. The third-order valence-corrected chi connectivity index (χ3v) is 2.68. The zero-order valence-electron chi connectivity index (χ0n) is 8.62. The summed E-state index contributed by atoms with van der Waals surface area (Å²) in [5.41, 5.74) is 1.53. The van der Waals surface area contributed by atoms with Crippen LogP contribution in [0.1, 0.15) is 26.2 Å². The van der Waals surface area contributed by atoms with Crippen molar-refractivity contribution in [1.29, 1.82) is 0 Å². The van der Waals surface area contributed by atoms with Crippen LogP contribution in [0.2, 0.25) is 0 Å². The summed E-state index contributed by atoms with van der Waals surface area (Å²) in [4.78, 5) is 13.0. The van der Waals surface area contributed by atoms with Crippen molar-refractivity contribution in [1.82, 2.24) is 10.3 Å². The second-order valence-electron chi connectivity index (χ2n) is 4.19. The summed E-state index contributed by atoms with van der Waals surface area (Å²) in [7, 11) is 0. The number of hydrazine groups is 1. The maximum absolute atomic E-state index is 11.0. The normalized spacial score (nSPS) is 29.6. The number of aliphatic hydroxyl groups is 1. The van der Waals surface area contributed by atoms with Crippen molar-refractivity contribution in [2.45, 2.75) is 31.8 Å². The van der Waals surface area contributed by atoms with Crippen molar-refractivity contribution in [3.05, 3.63) is 0 Å². The number of rotatable bonds is 2.